The number of benzene rings is 1. The van der Waals surface area contributed by atoms with Crippen LogP contribution in [0.25, 0.3) is 0 Å². The molecule has 0 aliphatic carbocycles. The lowest BCUT2D eigenvalue weighted by Crippen LogP contribution is -2.19. The fourth-order valence-electron chi connectivity index (χ4n) is 1.51. The third kappa shape index (κ3) is 5.66. The van der Waals surface area contributed by atoms with Gasteiger partial charge in [-0.3, -0.25) is 4.79 Å². The van der Waals surface area contributed by atoms with Crippen LogP contribution in [0.5, 0.6) is 5.75 Å². The first-order chi connectivity index (χ1) is 9.21. The summed E-state index contributed by atoms with van der Waals surface area (Å²) in [4.78, 5) is 11.3. The summed E-state index contributed by atoms with van der Waals surface area (Å²) in [6, 6.07) is 2.64. The van der Waals surface area contributed by atoms with Gasteiger partial charge in [0.25, 0.3) is 0 Å². The first kappa shape index (κ1) is 16.6. The van der Waals surface area contributed by atoms with Crippen LogP contribution < -0.4 is 10.5 Å². The number of ether oxygens (including phenoxy) is 2. The van der Waals surface area contributed by atoms with Gasteiger partial charge in [0.2, 0.25) is 0 Å². The normalized spacial score (nSPS) is 12.9. The summed E-state index contributed by atoms with van der Waals surface area (Å²) >= 11 is 5.70. The maximum atomic E-state index is 12.1. The minimum atomic E-state index is -4.83. The monoisotopic (exact) mass is 311 g/mol. The van der Waals surface area contributed by atoms with E-state index in [-0.39, 0.29) is 23.6 Å². The average molecular weight is 312 g/mol. The Morgan fingerprint density at radius 1 is 1.40 bits per heavy atom. The van der Waals surface area contributed by atoms with Crippen LogP contribution in [0.2, 0.25) is 5.02 Å². The van der Waals surface area contributed by atoms with Crippen LogP contribution in [-0.4, -0.2) is 18.9 Å². The van der Waals surface area contributed by atoms with Gasteiger partial charge in [-0.15, -0.1) is 13.2 Å². The third-order valence-electron chi connectivity index (χ3n) is 2.25. The highest BCUT2D eigenvalue weighted by atomic mass is 35.5. The van der Waals surface area contributed by atoms with Crippen molar-refractivity contribution in [1.29, 1.82) is 0 Å². The number of carbonyl (C=O) groups excluding carboxylic acids is 1. The van der Waals surface area contributed by atoms with Crippen molar-refractivity contribution in [2.75, 3.05) is 6.61 Å². The van der Waals surface area contributed by atoms with Gasteiger partial charge in [-0.05, 0) is 30.7 Å². The first-order valence-corrected chi connectivity index (χ1v) is 6.06. The van der Waals surface area contributed by atoms with Crippen molar-refractivity contribution in [2.45, 2.75) is 25.7 Å². The van der Waals surface area contributed by atoms with E-state index >= 15 is 0 Å². The Balaban J connectivity index is 2.87. The van der Waals surface area contributed by atoms with E-state index in [0.717, 1.165) is 12.1 Å². The molecule has 0 aliphatic rings. The predicted molar refractivity (Wildman–Crippen MR) is 66.3 cm³/mol. The zero-order chi connectivity index (χ0) is 15.3. The van der Waals surface area contributed by atoms with E-state index in [2.05, 4.69) is 4.74 Å². The highest BCUT2D eigenvalue weighted by Gasteiger charge is 2.31. The Bertz CT molecular complexity index is 480. The zero-order valence-corrected chi connectivity index (χ0v) is 11.3. The summed E-state index contributed by atoms with van der Waals surface area (Å²) in [5.41, 5.74) is 5.99. The Morgan fingerprint density at radius 2 is 2.05 bits per heavy atom. The summed E-state index contributed by atoms with van der Waals surface area (Å²) in [6.45, 7) is 1.83. The molecule has 0 bridgehead atoms. The van der Waals surface area contributed by atoms with Gasteiger partial charge in [0.05, 0.1) is 13.0 Å². The molecule has 0 aromatic heterocycles. The van der Waals surface area contributed by atoms with Crippen LogP contribution in [0.1, 0.15) is 24.9 Å². The Labute approximate surface area is 118 Å². The van der Waals surface area contributed by atoms with Gasteiger partial charge >= 0.3 is 12.3 Å². The number of carbonyl (C=O) groups is 1. The van der Waals surface area contributed by atoms with E-state index in [1.54, 1.807) is 6.92 Å². The van der Waals surface area contributed by atoms with E-state index < -0.39 is 24.1 Å². The van der Waals surface area contributed by atoms with Crippen LogP contribution in [0.4, 0.5) is 13.2 Å². The van der Waals surface area contributed by atoms with Crippen LogP contribution in [0, 0.1) is 0 Å². The van der Waals surface area contributed by atoms with Crippen molar-refractivity contribution in [3.63, 3.8) is 0 Å². The van der Waals surface area contributed by atoms with Crippen LogP contribution in [0.15, 0.2) is 18.2 Å². The standard InChI is InChI=1S/C12H13ClF3NO3/c1-2-19-11(18)6-10(17)7-3-8(13)5-9(4-7)20-12(14,15)16/h3-5,10H,2,6,17H2,1H3. The van der Waals surface area contributed by atoms with Crippen molar-refractivity contribution in [1.82, 2.24) is 0 Å². The van der Waals surface area contributed by atoms with Crippen molar-refractivity contribution >= 4 is 17.6 Å². The SMILES string of the molecule is CCOC(=O)CC(N)c1cc(Cl)cc(OC(F)(F)F)c1. The molecule has 0 heterocycles. The van der Waals surface area contributed by atoms with E-state index in [1.807, 2.05) is 0 Å². The lowest BCUT2D eigenvalue weighted by molar-refractivity contribution is -0.274. The number of hydrogen-bond donors (Lipinski definition) is 1. The quantitative estimate of drug-likeness (QED) is 0.848. The minimum absolute atomic E-state index is 0.0288. The van der Waals surface area contributed by atoms with Gasteiger partial charge in [0, 0.05) is 11.1 Å². The van der Waals surface area contributed by atoms with Gasteiger partial charge in [0.1, 0.15) is 5.75 Å². The maximum Gasteiger partial charge on any atom is 0.573 e. The van der Waals surface area contributed by atoms with Crippen molar-refractivity contribution in [3.8, 4) is 5.75 Å². The molecule has 112 valence electrons. The summed E-state index contributed by atoms with van der Waals surface area (Å²) in [6.07, 6.45) is -4.99. The number of halogens is 4. The van der Waals surface area contributed by atoms with Crippen LogP contribution in [0.3, 0.4) is 0 Å². The fraction of sp³-hybridized carbons (Fsp3) is 0.417. The highest BCUT2D eigenvalue weighted by Crippen LogP contribution is 2.29. The van der Waals surface area contributed by atoms with Crippen LogP contribution in [-0.2, 0) is 9.53 Å². The third-order valence-corrected chi connectivity index (χ3v) is 2.47. The number of alkyl halides is 3. The molecule has 0 amide bonds. The number of nitrogens with two attached hydrogens (primary N) is 1. The molecule has 1 rings (SSSR count). The molecular weight excluding hydrogens is 299 g/mol. The Kier molecular flexibility index (Phi) is 5.64. The van der Waals surface area contributed by atoms with Gasteiger partial charge < -0.3 is 15.2 Å². The molecule has 0 aliphatic heterocycles. The molecule has 1 atom stereocenters. The maximum absolute atomic E-state index is 12.1. The molecule has 8 heteroatoms. The number of rotatable bonds is 5. The molecule has 0 saturated heterocycles. The average Bonchev–Trinajstić information content (AvgIpc) is 2.25. The molecule has 1 unspecified atom stereocenters. The van der Waals surface area contributed by atoms with Crippen molar-refractivity contribution < 1.29 is 27.4 Å². The molecule has 2 N–H and O–H groups in total. The van der Waals surface area contributed by atoms with E-state index in [1.165, 1.54) is 6.07 Å². The summed E-state index contributed by atoms with van der Waals surface area (Å²) in [7, 11) is 0. The molecule has 1 aromatic carbocycles. The molecule has 1 aromatic rings. The topological polar surface area (TPSA) is 61.5 Å². The molecule has 20 heavy (non-hydrogen) atoms. The minimum Gasteiger partial charge on any atom is -0.466 e. The Hall–Kier alpha value is -1.47. The Morgan fingerprint density at radius 3 is 2.60 bits per heavy atom. The van der Waals surface area contributed by atoms with E-state index in [4.69, 9.17) is 22.1 Å². The van der Waals surface area contributed by atoms with Gasteiger partial charge in [0.15, 0.2) is 0 Å². The summed E-state index contributed by atoms with van der Waals surface area (Å²) < 4.78 is 44.9. The van der Waals surface area contributed by atoms with E-state index in [0.29, 0.717) is 0 Å². The highest BCUT2D eigenvalue weighted by molar-refractivity contribution is 6.30. The number of hydrogen-bond acceptors (Lipinski definition) is 4. The molecule has 0 spiro atoms. The fourth-order valence-corrected chi connectivity index (χ4v) is 1.74. The molecule has 4 nitrogen and oxygen atoms in total. The van der Waals surface area contributed by atoms with Gasteiger partial charge in [-0.2, -0.15) is 0 Å². The molecular formula is C12H13ClF3NO3. The largest absolute Gasteiger partial charge is 0.573 e. The second-order valence-corrected chi connectivity index (χ2v) is 4.32. The van der Waals surface area contributed by atoms with E-state index in [9.17, 15) is 18.0 Å². The van der Waals surface area contributed by atoms with Gasteiger partial charge in [-0.1, -0.05) is 11.6 Å². The second kappa shape index (κ2) is 6.81. The number of esters is 1. The lowest BCUT2D eigenvalue weighted by Gasteiger charge is -2.14. The first-order valence-electron chi connectivity index (χ1n) is 5.68. The summed E-state index contributed by atoms with van der Waals surface area (Å²) in [5.74, 6) is -1.03. The molecule has 0 radical (unpaired) electrons. The second-order valence-electron chi connectivity index (χ2n) is 3.88. The predicted octanol–water partition coefficient (Wildman–Crippen LogP) is 3.19. The summed E-state index contributed by atoms with van der Waals surface area (Å²) in [5, 5.41) is 0.0288. The van der Waals surface area contributed by atoms with Crippen LogP contribution >= 0.6 is 11.6 Å². The zero-order valence-electron chi connectivity index (χ0n) is 10.5. The lowest BCUT2D eigenvalue weighted by atomic mass is 10.0. The van der Waals surface area contributed by atoms with Crippen molar-refractivity contribution in [2.24, 2.45) is 5.73 Å². The smallest absolute Gasteiger partial charge is 0.466 e. The molecule has 0 fully saturated rings. The molecule has 0 saturated carbocycles. The van der Waals surface area contributed by atoms with Gasteiger partial charge in [-0.25, -0.2) is 0 Å². The van der Waals surface area contributed by atoms with Crippen molar-refractivity contribution in [3.05, 3.63) is 28.8 Å².